The van der Waals surface area contributed by atoms with E-state index >= 15 is 0 Å². The summed E-state index contributed by atoms with van der Waals surface area (Å²) >= 11 is 3.44. The number of rotatable bonds is 2. The van der Waals surface area contributed by atoms with Gasteiger partial charge in [0.2, 0.25) is 0 Å². The fraction of sp³-hybridized carbons (Fsp3) is 0.267. The third kappa shape index (κ3) is 2.47. The van der Waals surface area contributed by atoms with Gasteiger partial charge in [-0.1, -0.05) is 12.1 Å². The third-order valence-corrected chi connectivity index (χ3v) is 5.71. The van der Waals surface area contributed by atoms with Gasteiger partial charge < -0.3 is 4.90 Å². The molecule has 0 saturated carbocycles. The summed E-state index contributed by atoms with van der Waals surface area (Å²) in [5.41, 5.74) is 0.160. The van der Waals surface area contributed by atoms with Crippen LogP contribution in [0.3, 0.4) is 0 Å². The van der Waals surface area contributed by atoms with E-state index in [0.29, 0.717) is 6.54 Å². The van der Waals surface area contributed by atoms with E-state index in [1.54, 1.807) is 46.2 Å². The molecule has 0 aliphatic carbocycles. The predicted octanol–water partition coefficient (Wildman–Crippen LogP) is 4.08. The predicted molar refractivity (Wildman–Crippen MR) is 81.7 cm³/mol. The molecule has 1 aliphatic rings. The zero-order valence-electron chi connectivity index (χ0n) is 11.0. The van der Waals surface area contributed by atoms with Gasteiger partial charge in [0.05, 0.1) is 5.56 Å². The van der Waals surface area contributed by atoms with Crippen LogP contribution >= 0.6 is 23.1 Å². The SMILES string of the molecule is Cc1ccc([C@@H]2SCCN2C(=O)c2ccccc2F)s1. The Morgan fingerprint density at radius 1 is 1.30 bits per heavy atom. The Labute approximate surface area is 125 Å². The number of thioether (sulfide) groups is 1. The van der Waals surface area contributed by atoms with Crippen molar-refractivity contribution in [3.63, 3.8) is 0 Å². The molecule has 0 N–H and O–H groups in total. The maximum absolute atomic E-state index is 13.8. The summed E-state index contributed by atoms with van der Waals surface area (Å²) < 4.78 is 13.8. The molecule has 0 unspecified atom stereocenters. The van der Waals surface area contributed by atoms with Gasteiger partial charge in [0, 0.05) is 22.1 Å². The molecule has 0 bridgehead atoms. The van der Waals surface area contributed by atoms with Gasteiger partial charge >= 0.3 is 0 Å². The Kier molecular flexibility index (Phi) is 3.81. The van der Waals surface area contributed by atoms with Gasteiger partial charge in [-0.05, 0) is 31.2 Å². The molecule has 1 saturated heterocycles. The number of aryl methyl sites for hydroxylation is 1. The van der Waals surface area contributed by atoms with E-state index in [-0.39, 0.29) is 16.8 Å². The second-order valence-corrected chi connectivity index (χ2v) is 7.16. The van der Waals surface area contributed by atoms with Crippen LogP contribution in [0.5, 0.6) is 0 Å². The summed E-state index contributed by atoms with van der Waals surface area (Å²) in [5, 5.41) is 0.0146. The summed E-state index contributed by atoms with van der Waals surface area (Å²) in [6.45, 7) is 2.72. The van der Waals surface area contributed by atoms with Gasteiger partial charge in [0.25, 0.3) is 5.91 Å². The van der Waals surface area contributed by atoms with Crippen molar-refractivity contribution >= 4 is 29.0 Å². The van der Waals surface area contributed by atoms with E-state index in [1.807, 2.05) is 0 Å². The van der Waals surface area contributed by atoms with Crippen LogP contribution in [0.2, 0.25) is 0 Å². The molecule has 2 heterocycles. The number of carbonyl (C=O) groups is 1. The van der Waals surface area contributed by atoms with Crippen LogP contribution in [0.1, 0.15) is 25.5 Å². The van der Waals surface area contributed by atoms with Gasteiger partial charge in [0.1, 0.15) is 11.2 Å². The molecule has 104 valence electrons. The van der Waals surface area contributed by atoms with E-state index in [2.05, 4.69) is 19.1 Å². The lowest BCUT2D eigenvalue weighted by atomic mass is 10.2. The van der Waals surface area contributed by atoms with Crippen molar-refractivity contribution in [2.24, 2.45) is 0 Å². The molecule has 5 heteroatoms. The summed E-state index contributed by atoms with van der Waals surface area (Å²) in [4.78, 5) is 16.7. The molecular formula is C15H14FNOS2. The zero-order valence-corrected chi connectivity index (χ0v) is 12.6. The molecule has 2 aromatic rings. The number of amides is 1. The van der Waals surface area contributed by atoms with Gasteiger partial charge in [-0.3, -0.25) is 4.79 Å². The number of hydrogen-bond donors (Lipinski definition) is 0. The molecule has 2 nitrogen and oxygen atoms in total. The smallest absolute Gasteiger partial charge is 0.258 e. The van der Waals surface area contributed by atoms with Crippen molar-refractivity contribution in [2.75, 3.05) is 12.3 Å². The van der Waals surface area contributed by atoms with Crippen molar-refractivity contribution in [1.29, 1.82) is 0 Å². The average Bonchev–Trinajstić information content (AvgIpc) is 3.06. The Morgan fingerprint density at radius 2 is 2.10 bits per heavy atom. The van der Waals surface area contributed by atoms with E-state index in [9.17, 15) is 9.18 Å². The fourth-order valence-corrected chi connectivity index (χ4v) is 4.66. The highest BCUT2D eigenvalue weighted by Crippen LogP contribution is 2.41. The largest absolute Gasteiger partial charge is 0.321 e. The first-order valence-corrected chi connectivity index (χ1v) is 8.27. The molecule has 0 radical (unpaired) electrons. The van der Waals surface area contributed by atoms with E-state index < -0.39 is 5.82 Å². The highest BCUT2D eigenvalue weighted by molar-refractivity contribution is 7.99. The van der Waals surface area contributed by atoms with Crippen LogP contribution in [-0.4, -0.2) is 23.1 Å². The van der Waals surface area contributed by atoms with Gasteiger partial charge in [0.15, 0.2) is 0 Å². The molecule has 0 spiro atoms. The van der Waals surface area contributed by atoms with Gasteiger partial charge in [-0.2, -0.15) is 0 Å². The van der Waals surface area contributed by atoms with Gasteiger partial charge in [-0.15, -0.1) is 23.1 Å². The van der Waals surface area contributed by atoms with Crippen molar-refractivity contribution in [2.45, 2.75) is 12.3 Å². The maximum Gasteiger partial charge on any atom is 0.258 e. The molecule has 3 rings (SSSR count). The summed E-state index contributed by atoms with van der Waals surface area (Å²) in [7, 11) is 0. The van der Waals surface area contributed by atoms with E-state index in [1.165, 1.54) is 10.9 Å². The first kappa shape index (κ1) is 13.6. The lowest BCUT2D eigenvalue weighted by molar-refractivity contribution is 0.0757. The van der Waals surface area contributed by atoms with Crippen LogP contribution in [0, 0.1) is 12.7 Å². The molecule has 1 aromatic heterocycles. The Bertz CT molecular complexity index is 640. The monoisotopic (exact) mass is 307 g/mol. The van der Waals surface area contributed by atoms with Crippen LogP contribution in [0.25, 0.3) is 0 Å². The van der Waals surface area contributed by atoms with Crippen molar-refractivity contribution < 1.29 is 9.18 Å². The number of thiophene rings is 1. The highest BCUT2D eigenvalue weighted by atomic mass is 32.2. The zero-order chi connectivity index (χ0) is 14.1. The quantitative estimate of drug-likeness (QED) is 0.833. The number of benzene rings is 1. The molecular weight excluding hydrogens is 293 g/mol. The molecule has 1 aliphatic heterocycles. The molecule has 1 atom stereocenters. The van der Waals surface area contributed by atoms with Crippen molar-refractivity contribution in [1.82, 2.24) is 4.90 Å². The second-order valence-electron chi connectivity index (χ2n) is 4.65. The lowest BCUT2D eigenvalue weighted by Crippen LogP contribution is -2.30. The maximum atomic E-state index is 13.8. The molecule has 20 heavy (non-hydrogen) atoms. The van der Waals surface area contributed by atoms with Crippen LogP contribution < -0.4 is 0 Å². The topological polar surface area (TPSA) is 20.3 Å². The average molecular weight is 307 g/mol. The lowest BCUT2D eigenvalue weighted by Gasteiger charge is -2.23. The van der Waals surface area contributed by atoms with Crippen molar-refractivity contribution in [3.05, 3.63) is 57.5 Å². The van der Waals surface area contributed by atoms with Crippen LogP contribution in [0.15, 0.2) is 36.4 Å². The van der Waals surface area contributed by atoms with Crippen LogP contribution in [0.4, 0.5) is 4.39 Å². The number of carbonyl (C=O) groups excluding carboxylic acids is 1. The highest BCUT2D eigenvalue weighted by Gasteiger charge is 2.33. The number of nitrogens with zero attached hydrogens (tertiary/aromatic N) is 1. The van der Waals surface area contributed by atoms with Crippen LogP contribution in [-0.2, 0) is 0 Å². The molecule has 1 fully saturated rings. The normalized spacial score (nSPS) is 18.5. The second kappa shape index (κ2) is 5.58. The molecule has 1 amide bonds. The van der Waals surface area contributed by atoms with Crippen molar-refractivity contribution in [3.8, 4) is 0 Å². The minimum absolute atomic E-state index is 0.0146. The standard InChI is InChI=1S/C15H14FNOS2/c1-10-6-7-13(20-10)15-17(8-9-19-15)14(18)11-4-2-3-5-12(11)16/h2-7,15H,8-9H2,1H3/t15-/m0/s1. The fourth-order valence-electron chi connectivity index (χ4n) is 2.29. The molecule has 1 aromatic carbocycles. The van der Waals surface area contributed by atoms with E-state index in [4.69, 9.17) is 0 Å². The summed E-state index contributed by atoms with van der Waals surface area (Å²) in [5.74, 6) is 0.224. The minimum atomic E-state index is -0.449. The van der Waals surface area contributed by atoms with Gasteiger partial charge in [-0.25, -0.2) is 4.39 Å². The summed E-state index contributed by atoms with van der Waals surface area (Å²) in [6.07, 6.45) is 0. The van der Waals surface area contributed by atoms with E-state index in [0.717, 1.165) is 10.6 Å². The number of hydrogen-bond acceptors (Lipinski definition) is 3. The number of halogens is 1. The minimum Gasteiger partial charge on any atom is -0.321 e. The Hall–Kier alpha value is -1.33. The Morgan fingerprint density at radius 3 is 2.80 bits per heavy atom. The first-order chi connectivity index (χ1) is 9.66. The first-order valence-electron chi connectivity index (χ1n) is 6.40. The third-order valence-electron chi connectivity index (χ3n) is 3.26. The Balaban J connectivity index is 1.89. The summed E-state index contributed by atoms with van der Waals surface area (Å²) in [6, 6.07) is 10.3.